The lowest BCUT2D eigenvalue weighted by molar-refractivity contribution is -0.139. The van der Waals surface area contributed by atoms with Gasteiger partial charge >= 0.3 is 6.09 Å². The molecule has 6 unspecified atom stereocenters. The molecular weight excluding hydrogens is 508 g/mol. The molecule has 2 aromatic carbocycles. The van der Waals surface area contributed by atoms with Crippen molar-refractivity contribution in [3.8, 4) is 11.1 Å². The third kappa shape index (κ3) is 3.51. The largest absolute Gasteiger partial charge is 0.447 e. The minimum Gasteiger partial charge on any atom is -0.447 e. The molecule has 3 fully saturated rings. The number of carbonyl (C=O) groups is 1. The summed E-state index contributed by atoms with van der Waals surface area (Å²) in [7, 11) is 0. The van der Waals surface area contributed by atoms with E-state index in [1.165, 1.54) is 47.1 Å². The average molecular weight is 551 g/mol. The van der Waals surface area contributed by atoms with Crippen molar-refractivity contribution >= 4 is 6.09 Å². The van der Waals surface area contributed by atoms with Crippen LogP contribution in [0.25, 0.3) is 11.1 Å². The summed E-state index contributed by atoms with van der Waals surface area (Å²) >= 11 is 0. The number of fused-ring (bicyclic) bond motifs is 9. The van der Waals surface area contributed by atoms with Crippen LogP contribution in [0, 0.1) is 34.5 Å². The van der Waals surface area contributed by atoms with Crippen LogP contribution in [0.1, 0.15) is 87.6 Å². The fraction of sp³-hybridized carbons (Fsp3) is 0.556. The molecule has 3 aromatic rings. The minimum atomic E-state index is -0.537. The Labute approximate surface area is 243 Å². The van der Waals surface area contributed by atoms with Crippen molar-refractivity contribution in [2.45, 2.75) is 83.7 Å². The van der Waals surface area contributed by atoms with Crippen LogP contribution >= 0.6 is 0 Å². The molecular formula is C36H42N2O3. The van der Waals surface area contributed by atoms with E-state index < -0.39 is 5.60 Å². The summed E-state index contributed by atoms with van der Waals surface area (Å²) < 4.78 is 7.58. The second-order valence-corrected chi connectivity index (χ2v) is 14.6. The second-order valence-electron chi connectivity index (χ2n) is 14.6. The highest BCUT2D eigenvalue weighted by molar-refractivity contribution is 5.79. The molecule has 41 heavy (non-hydrogen) atoms. The lowest BCUT2D eigenvalue weighted by Gasteiger charge is -2.60. The minimum absolute atomic E-state index is 0.0460. The van der Waals surface area contributed by atoms with Crippen LogP contribution in [0.3, 0.4) is 0 Å². The quantitative estimate of drug-likeness (QED) is 0.361. The van der Waals surface area contributed by atoms with E-state index in [9.17, 15) is 9.90 Å². The van der Waals surface area contributed by atoms with Crippen molar-refractivity contribution in [1.82, 2.24) is 9.78 Å². The zero-order chi connectivity index (χ0) is 28.1. The number of ether oxygens (including phenoxy) is 1. The standard InChI is InChI=1S/C36H42N2O3/c1-34-19-22-20-37-38(33(39)41-21-29-26-10-6-4-8-24(26)25-9-5-7-11-27(25)29)32(22)18-23(34)12-13-28-30(34)14-16-35(2)31(28)15-17-36(35,3)40/h4-11,20,23,28-31,40H,12-19,21H2,1-3H3/t23?,28?,30?,31?,34?,35?,36-/m0/s1. The van der Waals surface area contributed by atoms with E-state index in [2.05, 4.69) is 74.4 Å². The summed E-state index contributed by atoms with van der Waals surface area (Å²) in [6.07, 6.45) is 10.4. The Kier molecular flexibility index (Phi) is 5.53. The summed E-state index contributed by atoms with van der Waals surface area (Å²) in [5.74, 6) is 2.60. The maximum atomic E-state index is 13.5. The number of carbonyl (C=O) groups excluding carboxylic acids is 1. The molecule has 0 radical (unpaired) electrons. The van der Waals surface area contributed by atoms with Gasteiger partial charge in [0, 0.05) is 5.92 Å². The first-order valence-corrected chi connectivity index (χ1v) is 15.8. The Balaban J connectivity index is 1.02. The summed E-state index contributed by atoms with van der Waals surface area (Å²) in [4.78, 5) is 13.5. The van der Waals surface area contributed by atoms with Crippen molar-refractivity contribution in [3.63, 3.8) is 0 Å². The normalized spacial score (nSPS) is 36.9. The Morgan fingerprint density at radius 2 is 1.63 bits per heavy atom. The number of benzene rings is 2. The Morgan fingerprint density at radius 3 is 2.37 bits per heavy atom. The fourth-order valence-electron chi connectivity index (χ4n) is 10.6. The number of aliphatic hydroxyl groups is 1. The monoisotopic (exact) mass is 550 g/mol. The summed E-state index contributed by atoms with van der Waals surface area (Å²) in [5, 5.41) is 15.9. The molecule has 1 N–H and O–H groups in total. The van der Waals surface area contributed by atoms with Gasteiger partial charge in [-0.15, -0.1) is 0 Å². The number of rotatable bonds is 2. The fourth-order valence-corrected chi connectivity index (χ4v) is 10.6. The van der Waals surface area contributed by atoms with Crippen LogP contribution in [0.5, 0.6) is 0 Å². The molecule has 0 bridgehead atoms. The van der Waals surface area contributed by atoms with Gasteiger partial charge < -0.3 is 9.84 Å². The van der Waals surface area contributed by atoms with Crippen molar-refractivity contribution in [2.75, 3.05) is 6.61 Å². The predicted molar refractivity (Wildman–Crippen MR) is 159 cm³/mol. The van der Waals surface area contributed by atoms with E-state index in [1.807, 2.05) is 6.20 Å². The maximum absolute atomic E-state index is 13.5. The van der Waals surface area contributed by atoms with E-state index in [0.29, 0.717) is 30.3 Å². The zero-order valence-electron chi connectivity index (χ0n) is 24.6. The number of nitrogens with zero attached hydrogens (tertiary/aromatic N) is 2. The Morgan fingerprint density at radius 1 is 0.951 bits per heavy atom. The number of hydrogen-bond acceptors (Lipinski definition) is 4. The molecule has 5 aliphatic carbocycles. The van der Waals surface area contributed by atoms with E-state index in [0.717, 1.165) is 37.8 Å². The van der Waals surface area contributed by atoms with Gasteiger partial charge in [-0.3, -0.25) is 0 Å². The van der Waals surface area contributed by atoms with Crippen LogP contribution in [0.2, 0.25) is 0 Å². The van der Waals surface area contributed by atoms with E-state index in [-0.39, 0.29) is 22.8 Å². The maximum Gasteiger partial charge on any atom is 0.434 e. The SMILES string of the molecule is CC12Cc3cnn(C(=O)OCC4c5ccccc5-c5ccccc54)c3CC1CCC1C2CCC2(C)C1CC[C@]2(C)O. The Hall–Kier alpha value is -2.92. The van der Waals surface area contributed by atoms with Gasteiger partial charge in [0.2, 0.25) is 0 Å². The molecule has 0 saturated heterocycles. The van der Waals surface area contributed by atoms with E-state index >= 15 is 0 Å². The highest BCUT2D eigenvalue weighted by atomic mass is 16.6. The van der Waals surface area contributed by atoms with Gasteiger partial charge in [-0.05, 0) is 121 Å². The van der Waals surface area contributed by atoms with Crippen LogP contribution in [-0.2, 0) is 17.6 Å². The summed E-state index contributed by atoms with van der Waals surface area (Å²) in [6, 6.07) is 16.9. The zero-order valence-corrected chi connectivity index (χ0v) is 24.6. The first-order chi connectivity index (χ1) is 19.7. The molecule has 1 heterocycles. The lowest BCUT2D eigenvalue weighted by atomic mass is 9.44. The van der Waals surface area contributed by atoms with Crippen LogP contribution in [0.15, 0.2) is 54.7 Å². The van der Waals surface area contributed by atoms with Crippen LogP contribution in [0.4, 0.5) is 4.79 Å². The second kappa shape index (κ2) is 8.80. The smallest absolute Gasteiger partial charge is 0.434 e. The molecule has 7 atom stereocenters. The molecule has 5 nitrogen and oxygen atoms in total. The molecule has 0 aliphatic heterocycles. The molecule has 1 aromatic heterocycles. The van der Waals surface area contributed by atoms with E-state index in [1.54, 1.807) is 4.68 Å². The highest BCUT2D eigenvalue weighted by Crippen LogP contribution is 2.67. The van der Waals surface area contributed by atoms with Crippen molar-refractivity contribution < 1.29 is 14.6 Å². The molecule has 5 heteroatoms. The number of hydrogen-bond donors (Lipinski definition) is 1. The topological polar surface area (TPSA) is 64.4 Å². The third-order valence-corrected chi connectivity index (χ3v) is 13.1. The van der Waals surface area contributed by atoms with Crippen molar-refractivity contribution in [1.29, 1.82) is 0 Å². The Bertz CT molecular complexity index is 1490. The van der Waals surface area contributed by atoms with E-state index in [4.69, 9.17) is 4.74 Å². The summed E-state index contributed by atoms with van der Waals surface area (Å²) in [6.45, 7) is 7.30. The van der Waals surface area contributed by atoms with Crippen molar-refractivity contribution in [3.05, 3.63) is 77.1 Å². The molecule has 0 spiro atoms. The van der Waals surface area contributed by atoms with Gasteiger partial charge in [0.1, 0.15) is 6.61 Å². The van der Waals surface area contributed by atoms with Crippen molar-refractivity contribution in [2.24, 2.45) is 34.5 Å². The average Bonchev–Trinajstić information content (AvgIpc) is 3.59. The molecule has 5 aliphatic rings. The predicted octanol–water partition coefficient (Wildman–Crippen LogP) is 7.39. The first-order valence-electron chi connectivity index (χ1n) is 15.8. The first kappa shape index (κ1) is 25.8. The molecule has 0 amide bonds. The van der Waals surface area contributed by atoms with Gasteiger partial charge in [0.15, 0.2) is 0 Å². The molecule has 8 rings (SSSR count). The van der Waals surface area contributed by atoms with Gasteiger partial charge in [-0.2, -0.15) is 9.78 Å². The highest BCUT2D eigenvalue weighted by Gasteiger charge is 2.63. The summed E-state index contributed by atoms with van der Waals surface area (Å²) in [5.41, 5.74) is 6.95. The van der Waals surface area contributed by atoms with Gasteiger partial charge in [0.05, 0.1) is 17.5 Å². The lowest BCUT2D eigenvalue weighted by Crippen LogP contribution is -2.56. The third-order valence-electron chi connectivity index (χ3n) is 13.1. The molecule has 214 valence electrons. The molecule has 3 saturated carbocycles. The number of aromatic nitrogens is 2. The van der Waals surface area contributed by atoms with Gasteiger partial charge in [-0.1, -0.05) is 62.4 Å². The van der Waals surface area contributed by atoms with Gasteiger partial charge in [0.25, 0.3) is 0 Å². The van der Waals surface area contributed by atoms with Gasteiger partial charge in [-0.25, -0.2) is 4.79 Å². The van der Waals surface area contributed by atoms with Crippen LogP contribution in [-0.4, -0.2) is 33.2 Å². The van der Waals surface area contributed by atoms with Crippen LogP contribution < -0.4 is 0 Å².